The molecule has 21 heavy (non-hydrogen) atoms. The lowest BCUT2D eigenvalue weighted by molar-refractivity contribution is -0.177. The molecule has 2 atom stereocenters. The number of hydrogen-bond donors (Lipinski definition) is 1. The largest absolute Gasteiger partial charge is 0.411 e. The first kappa shape index (κ1) is 17.9. The number of alkyl halides is 3. The van der Waals surface area contributed by atoms with E-state index in [9.17, 15) is 13.2 Å². The molecule has 0 aliphatic heterocycles. The topological polar surface area (TPSA) is 60.2 Å². The lowest BCUT2D eigenvalue weighted by Crippen LogP contribution is -2.32. The Kier molecular flexibility index (Phi) is 7.10. The van der Waals surface area contributed by atoms with Crippen LogP contribution in [0.4, 0.5) is 13.2 Å². The smallest absolute Gasteiger partial charge is 0.364 e. The van der Waals surface area contributed by atoms with Crippen molar-refractivity contribution in [1.82, 2.24) is 15.5 Å². The van der Waals surface area contributed by atoms with Crippen LogP contribution in [0.1, 0.15) is 51.2 Å². The van der Waals surface area contributed by atoms with Crippen molar-refractivity contribution >= 4 is 0 Å². The third-order valence-electron chi connectivity index (χ3n) is 3.06. The first-order valence-electron chi connectivity index (χ1n) is 7.07. The van der Waals surface area contributed by atoms with Crippen LogP contribution in [0.2, 0.25) is 0 Å². The van der Waals surface area contributed by atoms with Gasteiger partial charge >= 0.3 is 6.18 Å². The van der Waals surface area contributed by atoms with Gasteiger partial charge in [0.2, 0.25) is 5.89 Å². The summed E-state index contributed by atoms with van der Waals surface area (Å²) in [5.74, 6) is 0.593. The summed E-state index contributed by atoms with van der Waals surface area (Å²) in [5.41, 5.74) is 0. The summed E-state index contributed by atoms with van der Waals surface area (Å²) in [6.45, 7) is 5.35. The fraction of sp³-hybridized carbons (Fsp3) is 0.846. The zero-order valence-electron chi connectivity index (χ0n) is 12.5. The highest BCUT2D eigenvalue weighted by Gasteiger charge is 2.28. The van der Waals surface area contributed by atoms with Crippen molar-refractivity contribution < 1.29 is 22.4 Å². The van der Waals surface area contributed by atoms with Crippen LogP contribution in [0.5, 0.6) is 0 Å². The van der Waals surface area contributed by atoms with Crippen LogP contribution < -0.4 is 5.32 Å². The number of rotatable bonds is 9. The van der Waals surface area contributed by atoms with E-state index in [1.54, 1.807) is 0 Å². The monoisotopic (exact) mass is 309 g/mol. The molecule has 0 saturated heterocycles. The predicted molar refractivity (Wildman–Crippen MR) is 70.8 cm³/mol. The number of halogens is 3. The van der Waals surface area contributed by atoms with Crippen LogP contribution >= 0.6 is 0 Å². The Hall–Kier alpha value is -1.15. The number of aromatic nitrogens is 2. The maximum absolute atomic E-state index is 12.0. The van der Waals surface area contributed by atoms with Crippen molar-refractivity contribution in [2.24, 2.45) is 0 Å². The second-order valence-electron chi connectivity index (χ2n) is 4.91. The molecule has 0 aromatic carbocycles. The lowest BCUT2D eigenvalue weighted by Gasteiger charge is -2.20. The molecule has 1 aromatic heterocycles. The Bertz CT molecular complexity index is 410. The van der Waals surface area contributed by atoms with Crippen LogP contribution in [0.15, 0.2) is 4.52 Å². The molecule has 1 rings (SSSR count). The maximum Gasteiger partial charge on any atom is 0.411 e. The quantitative estimate of drug-likeness (QED) is 0.760. The minimum absolute atomic E-state index is 0.0282. The van der Waals surface area contributed by atoms with Gasteiger partial charge < -0.3 is 14.6 Å². The molecule has 2 unspecified atom stereocenters. The SMILES string of the molecule is CCCNC(C)C(CC)c1nc(COCC(F)(F)F)no1. The van der Waals surface area contributed by atoms with E-state index in [1.807, 2.05) is 13.8 Å². The van der Waals surface area contributed by atoms with Gasteiger partial charge in [-0.25, -0.2) is 0 Å². The van der Waals surface area contributed by atoms with Crippen LogP contribution in [-0.4, -0.2) is 35.5 Å². The summed E-state index contributed by atoms with van der Waals surface area (Å²) in [6, 6.07) is 0.152. The molecule has 0 saturated carbocycles. The number of nitrogens with one attached hydrogen (secondary N) is 1. The van der Waals surface area contributed by atoms with Crippen molar-refractivity contribution in [3.05, 3.63) is 11.7 Å². The summed E-state index contributed by atoms with van der Waals surface area (Å²) in [7, 11) is 0. The van der Waals surface area contributed by atoms with Crippen LogP contribution in [0, 0.1) is 0 Å². The fourth-order valence-electron chi connectivity index (χ4n) is 1.99. The van der Waals surface area contributed by atoms with E-state index in [1.165, 1.54) is 0 Å². The van der Waals surface area contributed by atoms with Gasteiger partial charge in [-0.3, -0.25) is 0 Å². The van der Waals surface area contributed by atoms with Crippen LogP contribution in [0.25, 0.3) is 0 Å². The molecule has 0 fully saturated rings. The van der Waals surface area contributed by atoms with E-state index in [-0.39, 0.29) is 24.4 Å². The molecule has 0 aliphatic carbocycles. The maximum atomic E-state index is 12.0. The van der Waals surface area contributed by atoms with E-state index >= 15 is 0 Å². The molecule has 0 amide bonds. The van der Waals surface area contributed by atoms with Gasteiger partial charge in [0.1, 0.15) is 13.2 Å². The summed E-state index contributed by atoms with van der Waals surface area (Å²) in [5, 5.41) is 7.01. The highest BCUT2D eigenvalue weighted by molar-refractivity contribution is 4.97. The third kappa shape index (κ3) is 6.43. The molecule has 1 N–H and O–H groups in total. The highest BCUT2D eigenvalue weighted by atomic mass is 19.4. The molecule has 5 nitrogen and oxygen atoms in total. The number of ether oxygens (including phenoxy) is 1. The Morgan fingerprint density at radius 2 is 2.05 bits per heavy atom. The molecule has 8 heteroatoms. The third-order valence-corrected chi connectivity index (χ3v) is 3.06. The minimum Gasteiger partial charge on any atom is -0.364 e. The average molecular weight is 309 g/mol. The van der Waals surface area contributed by atoms with Gasteiger partial charge in [0, 0.05) is 6.04 Å². The molecule has 1 aromatic rings. The summed E-state index contributed by atoms with van der Waals surface area (Å²) < 4.78 is 45.6. The first-order chi connectivity index (χ1) is 9.87. The van der Waals surface area contributed by atoms with Gasteiger partial charge in [0.15, 0.2) is 5.82 Å². The van der Waals surface area contributed by atoms with Crippen molar-refractivity contribution in [3.63, 3.8) is 0 Å². The van der Waals surface area contributed by atoms with Gasteiger partial charge in [-0.2, -0.15) is 18.2 Å². The first-order valence-corrected chi connectivity index (χ1v) is 7.07. The Morgan fingerprint density at radius 1 is 1.33 bits per heavy atom. The molecule has 0 radical (unpaired) electrons. The van der Waals surface area contributed by atoms with E-state index in [2.05, 4.69) is 27.1 Å². The van der Waals surface area contributed by atoms with Crippen molar-refractivity contribution in [2.45, 2.75) is 58.4 Å². The molecule has 0 aliphatic rings. The minimum atomic E-state index is -4.35. The standard InChI is InChI=1S/C13H22F3N3O2/c1-4-6-17-9(3)10(5-2)12-18-11(19-21-12)7-20-8-13(14,15)16/h9-10,17H,4-8H2,1-3H3. The van der Waals surface area contributed by atoms with Gasteiger partial charge in [0.05, 0.1) is 5.92 Å². The van der Waals surface area contributed by atoms with Crippen LogP contribution in [-0.2, 0) is 11.3 Å². The Labute approximate surface area is 122 Å². The van der Waals surface area contributed by atoms with E-state index in [0.29, 0.717) is 5.89 Å². The highest BCUT2D eigenvalue weighted by Crippen LogP contribution is 2.22. The van der Waals surface area contributed by atoms with Crippen LogP contribution in [0.3, 0.4) is 0 Å². The number of nitrogens with zero attached hydrogens (tertiary/aromatic N) is 2. The zero-order valence-corrected chi connectivity index (χ0v) is 12.5. The van der Waals surface area contributed by atoms with Gasteiger partial charge in [-0.15, -0.1) is 0 Å². The summed E-state index contributed by atoms with van der Waals surface area (Å²) >= 11 is 0. The van der Waals surface area contributed by atoms with Crippen molar-refractivity contribution in [2.75, 3.05) is 13.2 Å². The second-order valence-corrected chi connectivity index (χ2v) is 4.91. The zero-order chi connectivity index (χ0) is 15.9. The summed E-state index contributed by atoms with van der Waals surface area (Å²) in [6.07, 6.45) is -2.54. The average Bonchev–Trinajstić information content (AvgIpc) is 2.84. The Balaban J connectivity index is 2.55. The van der Waals surface area contributed by atoms with Gasteiger partial charge in [0.25, 0.3) is 0 Å². The van der Waals surface area contributed by atoms with Crippen molar-refractivity contribution in [1.29, 1.82) is 0 Å². The lowest BCUT2D eigenvalue weighted by atomic mass is 9.98. The number of hydrogen-bond acceptors (Lipinski definition) is 5. The van der Waals surface area contributed by atoms with Gasteiger partial charge in [-0.05, 0) is 26.3 Å². The van der Waals surface area contributed by atoms with E-state index in [4.69, 9.17) is 4.52 Å². The molecule has 122 valence electrons. The van der Waals surface area contributed by atoms with E-state index in [0.717, 1.165) is 19.4 Å². The van der Waals surface area contributed by atoms with E-state index < -0.39 is 12.8 Å². The molecule has 1 heterocycles. The molecule has 0 bridgehead atoms. The predicted octanol–water partition coefficient (Wildman–Crippen LogP) is 3.03. The molecular formula is C13H22F3N3O2. The fourth-order valence-corrected chi connectivity index (χ4v) is 1.99. The normalized spacial score (nSPS) is 15.1. The molecular weight excluding hydrogens is 287 g/mol. The summed E-state index contributed by atoms with van der Waals surface area (Å²) in [4.78, 5) is 4.12. The Morgan fingerprint density at radius 3 is 2.62 bits per heavy atom. The van der Waals surface area contributed by atoms with Gasteiger partial charge in [-0.1, -0.05) is 19.0 Å². The second kappa shape index (κ2) is 8.33. The van der Waals surface area contributed by atoms with Crippen molar-refractivity contribution in [3.8, 4) is 0 Å². The molecule has 0 spiro atoms.